The van der Waals surface area contributed by atoms with Crippen LogP contribution < -0.4 is 32.7 Å². The molecule has 0 aromatic carbocycles. The van der Waals surface area contributed by atoms with Crippen LogP contribution in [0.15, 0.2) is 22.8 Å². The molecule has 9 nitrogen and oxygen atoms in total. The van der Waals surface area contributed by atoms with Gasteiger partial charge in [0.25, 0.3) is 5.91 Å². The van der Waals surface area contributed by atoms with Gasteiger partial charge in [0.1, 0.15) is 6.04 Å². The summed E-state index contributed by atoms with van der Waals surface area (Å²) in [5, 5.41) is 12.4. The zero-order valence-corrected chi connectivity index (χ0v) is 18.1. The molecule has 0 saturated heterocycles. The normalized spacial score (nSPS) is 11.9. The molecule has 2 amide bonds. The molecule has 1 heterocycles. The molecule has 1 aromatic heterocycles. The van der Waals surface area contributed by atoms with Gasteiger partial charge in [0.2, 0.25) is 5.91 Å². The first-order chi connectivity index (χ1) is 14.7. The van der Waals surface area contributed by atoms with Crippen molar-refractivity contribution >= 4 is 11.8 Å². The Bertz CT molecular complexity index is 553. The molecule has 0 unspecified atom stereocenters. The van der Waals surface area contributed by atoms with Gasteiger partial charge in [0.15, 0.2) is 5.76 Å². The highest BCUT2D eigenvalue weighted by molar-refractivity contribution is 5.95. The topological polar surface area (TPSA) is 147 Å². The monoisotopic (exact) mass is 424 g/mol. The molecule has 8 N–H and O–H groups in total. The second-order valence-corrected chi connectivity index (χ2v) is 7.28. The number of unbranched alkanes of at least 4 members (excludes halogenated alkanes) is 2. The molecule has 0 aliphatic rings. The molecule has 1 rings (SSSR count). The van der Waals surface area contributed by atoms with Gasteiger partial charge in [0, 0.05) is 6.54 Å². The standard InChI is InChI=1S/C21H40N6O3/c22-10-2-1-8-18(27-21(29)19-9-5-17-30-19)20(28)26-16-7-15-25-13-4-3-12-24-14-6-11-23/h5,9,17-18,24-25H,1-4,6-8,10-16,22-23H2,(H,26,28)(H,27,29)/t18-/m1/s1. The Kier molecular flexibility index (Phi) is 15.6. The van der Waals surface area contributed by atoms with E-state index < -0.39 is 6.04 Å². The molecular weight excluding hydrogens is 384 g/mol. The highest BCUT2D eigenvalue weighted by Crippen LogP contribution is 2.05. The van der Waals surface area contributed by atoms with Gasteiger partial charge in [-0.15, -0.1) is 0 Å². The molecule has 0 aliphatic carbocycles. The Morgan fingerprint density at radius 2 is 1.53 bits per heavy atom. The van der Waals surface area contributed by atoms with E-state index in [9.17, 15) is 9.59 Å². The zero-order chi connectivity index (χ0) is 21.9. The Balaban J connectivity index is 2.16. The summed E-state index contributed by atoms with van der Waals surface area (Å²) in [6, 6.07) is 2.63. The predicted molar refractivity (Wildman–Crippen MR) is 119 cm³/mol. The molecule has 9 heteroatoms. The van der Waals surface area contributed by atoms with E-state index in [1.165, 1.54) is 6.26 Å². The van der Waals surface area contributed by atoms with Crippen LogP contribution in [0.3, 0.4) is 0 Å². The number of nitrogens with two attached hydrogens (primary N) is 2. The minimum atomic E-state index is -0.589. The predicted octanol–water partition coefficient (Wildman–Crippen LogP) is 0.322. The minimum absolute atomic E-state index is 0.171. The van der Waals surface area contributed by atoms with Crippen LogP contribution in [0.5, 0.6) is 0 Å². The number of nitrogens with one attached hydrogen (secondary N) is 4. The second kappa shape index (κ2) is 17.9. The molecule has 1 atom stereocenters. The maximum atomic E-state index is 12.5. The quantitative estimate of drug-likeness (QED) is 0.175. The Morgan fingerprint density at radius 1 is 0.867 bits per heavy atom. The first kappa shape index (κ1) is 26.1. The second-order valence-electron chi connectivity index (χ2n) is 7.28. The first-order valence-corrected chi connectivity index (χ1v) is 11.1. The summed E-state index contributed by atoms with van der Waals surface area (Å²) in [6.07, 6.45) is 7.67. The minimum Gasteiger partial charge on any atom is -0.459 e. The summed E-state index contributed by atoms with van der Waals surface area (Å²) in [5.74, 6) is -0.354. The third-order valence-corrected chi connectivity index (χ3v) is 4.66. The Labute approximate surface area is 180 Å². The molecular formula is C21H40N6O3. The number of carbonyl (C=O) groups excluding carboxylic acids is 2. The van der Waals surface area contributed by atoms with Crippen LogP contribution in [0.4, 0.5) is 0 Å². The Hall–Kier alpha value is -1.94. The van der Waals surface area contributed by atoms with Gasteiger partial charge in [0.05, 0.1) is 6.26 Å². The molecule has 0 bridgehead atoms. The van der Waals surface area contributed by atoms with Crippen molar-refractivity contribution in [2.24, 2.45) is 11.5 Å². The lowest BCUT2D eigenvalue weighted by Gasteiger charge is -2.18. The van der Waals surface area contributed by atoms with E-state index in [4.69, 9.17) is 15.9 Å². The lowest BCUT2D eigenvalue weighted by molar-refractivity contribution is -0.123. The fourth-order valence-electron chi connectivity index (χ4n) is 2.92. The molecule has 0 spiro atoms. The molecule has 0 aliphatic heterocycles. The van der Waals surface area contributed by atoms with Crippen molar-refractivity contribution in [3.8, 4) is 0 Å². The number of hydrogen-bond donors (Lipinski definition) is 6. The number of carbonyl (C=O) groups is 2. The van der Waals surface area contributed by atoms with Crippen molar-refractivity contribution in [2.45, 2.75) is 51.0 Å². The summed E-state index contributed by atoms with van der Waals surface area (Å²) in [6.45, 7) is 5.68. The fraction of sp³-hybridized carbons (Fsp3) is 0.714. The van der Waals surface area contributed by atoms with E-state index in [-0.39, 0.29) is 17.6 Å². The van der Waals surface area contributed by atoms with E-state index in [1.807, 2.05) is 0 Å². The molecule has 0 saturated carbocycles. The summed E-state index contributed by atoms with van der Waals surface area (Å²) in [5.41, 5.74) is 11.0. The van der Waals surface area contributed by atoms with Gasteiger partial charge >= 0.3 is 0 Å². The molecule has 0 radical (unpaired) electrons. The van der Waals surface area contributed by atoms with Crippen LogP contribution in [0.1, 0.15) is 55.5 Å². The third kappa shape index (κ3) is 12.6. The highest BCUT2D eigenvalue weighted by atomic mass is 16.3. The van der Waals surface area contributed by atoms with Gasteiger partial charge in [-0.3, -0.25) is 9.59 Å². The Morgan fingerprint density at radius 3 is 2.17 bits per heavy atom. The van der Waals surface area contributed by atoms with Crippen molar-refractivity contribution in [3.05, 3.63) is 24.2 Å². The van der Waals surface area contributed by atoms with E-state index in [1.54, 1.807) is 12.1 Å². The average Bonchev–Trinajstić information content (AvgIpc) is 3.29. The number of furan rings is 1. The van der Waals surface area contributed by atoms with E-state index >= 15 is 0 Å². The van der Waals surface area contributed by atoms with Crippen LogP contribution in [-0.2, 0) is 4.79 Å². The van der Waals surface area contributed by atoms with Gasteiger partial charge < -0.3 is 37.2 Å². The van der Waals surface area contributed by atoms with Crippen LogP contribution in [0, 0.1) is 0 Å². The van der Waals surface area contributed by atoms with E-state index in [0.717, 1.165) is 71.2 Å². The first-order valence-electron chi connectivity index (χ1n) is 11.1. The van der Waals surface area contributed by atoms with Gasteiger partial charge in [-0.25, -0.2) is 0 Å². The number of rotatable bonds is 19. The van der Waals surface area contributed by atoms with Gasteiger partial charge in [-0.1, -0.05) is 0 Å². The zero-order valence-electron chi connectivity index (χ0n) is 18.1. The maximum absolute atomic E-state index is 12.5. The number of amides is 2. The van der Waals surface area contributed by atoms with Crippen molar-refractivity contribution in [3.63, 3.8) is 0 Å². The lowest BCUT2D eigenvalue weighted by atomic mass is 10.1. The van der Waals surface area contributed by atoms with Gasteiger partial charge in [-0.05, 0) is 96.3 Å². The van der Waals surface area contributed by atoms with Crippen LogP contribution in [0.2, 0.25) is 0 Å². The fourth-order valence-corrected chi connectivity index (χ4v) is 2.92. The summed E-state index contributed by atoms with van der Waals surface area (Å²) in [4.78, 5) is 24.7. The summed E-state index contributed by atoms with van der Waals surface area (Å²) < 4.78 is 5.10. The van der Waals surface area contributed by atoms with E-state index in [0.29, 0.717) is 19.5 Å². The SMILES string of the molecule is NCCCC[C@@H](NC(=O)c1ccco1)C(=O)NCCCNCCCCNCCCN. The summed E-state index contributed by atoms with van der Waals surface area (Å²) >= 11 is 0. The third-order valence-electron chi connectivity index (χ3n) is 4.66. The smallest absolute Gasteiger partial charge is 0.287 e. The molecule has 0 fully saturated rings. The van der Waals surface area contributed by atoms with E-state index in [2.05, 4.69) is 21.3 Å². The number of hydrogen-bond acceptors (Lipinski definition) is 7. The molecule has 172 valence electrons. The van der Waals surface area contributed by atoms with Crippen molar-refractivity contribution in [1.82, 2.24) is 21.3 Å². The highest BCUT2D eigenvalue weighted by Gasteiger charge is 2.21. The largest absolute Gasteiger partial charge is 0.459 e. The lowest BCUT2D eigenvalue weighted by Crippen LogP contribution is -2.47. The van der Waals surface area contributed by atoms with Crippen molar-refractivity contribution in [1.29, 1.82) is 0 Å². The van der Waals surface area contributed by atoms with Crippen LogP contribution in [-0.4, -0.2) is 63.7 Å². The summed E-state index contributed by atoms with van der Waals surface area (Å²) in [7, 11) is 0. The van der Waals surface area contributed by atoms with Gasteiger partial charge in [-0.2, -0.15) is 0 Å². The maximum Gasteiger partial charge on any atom is 0.287 e. The molecule has 1 aromatic rings. The average molecular weight is 425 g/mol. The van der Waals surface area contributed by atoms with Crippen LogP contribution in [0.25, 0.3) is 0 Å². The van der Waals surface area contributed by atoms with Crippen LogP contribution >= 0.6 is 0 Å². The van der Waals surface area contributed by atoms with Crippen molar-refractivity contribution in [2.75, 3.05) is 45.8 Å². The van der Waals surface area contributed by atoms with Crippen molar-refractivity contribution < 1.29 is 14.0 Å². The molecule has 30 heavy (non-hydrogen) atoms.